The minimum Gasteiger partial charge on any atom is -0.478 e. The van der Waals surface area contributed by atoms with E-state index in [0.29, 0.717) is 0 Å². The van der Waals surface area contributed by atoms with Gasteiger partial charge in [-0.05, 0) is 6.26 Å². The Hall–Kier alpha value is -2.01. The molecule has 0 bridgehead atoms. The van der Waals surface area contributed by atoms with Crippen LogP contribution in [0.3, 0.4) is 0 Å². The third-order valence-electron chi connectivity index (χ3n) is 1.95. The van der Waals surface area contributed by atoms with Crippen molar-refractivity contribution in [3.05, 3.63) is 12.2 Å². The van der Waals surface area contributed by atoms with E-state index in [9.17, 15) is 14.4 Å². The van der Waals surface area contributed by atoms with E-state index in [1.165, 1.54) is 11.8 Å². The number of rotatable bonds is 8. The van der Waals surface area contributed by atoms with Gasteiger partial charge < -0.3 is 15.7 Å². The van der Waals surface area contributed by atoms with Crippen molar-refractivity contribution in [2.75, 3.05) is 19.3 Å². The highest BCUT2D eigenvalue weighted by molar-refractivity contribution is 7.99. The van der Waals surface area contributed by atoms with Gasteiger partial charge in [0.05, 0.1) is 12.5 Å². The van der Waals surface area contributed by atoms with E-state index in [-0.39, 0.29) is 25.4 Å². The van der Waals surface area contributed by atoms with Gasteiger partial charge in [-0.25, -0.2) is 4.79 Å². The lowest BCUT2D eigenvalue weighted by molar-refractivity contribution is -0.131. The molecule has 0 aromatic carbocycles. The standard InChI is InChI=1S/C11H15N3O4S/c1-19-8(11(18)13-6-2-5-12)7-14-9(15)3-4-10(16)17/h3-4,8H,2,6-7H2,1H3,(H,13,18)(H,14,15)(H,16,17). The molecule has 104 valence electrons. The summed E-state index contributed by atoms with van der Waals surface area (Å²) in [5.41, 5.74) is 0. The average Bonchev–Trinajstić information content (AvgIpc) is 2.37. The highest BCUT2D eigenvalue weighted by atomic mass is 32.2. The van der Waals surface area contributed by atoms with Crippen LogP contribution >= 0.6 is 11.8 Å². The van der Waals surface area contributed by atoms with Crippen LogP contribution in [0, 0.1) is 11.3 Å². The second-order valence-electron chi connectivity index (χ2n) is 3.34. The predicted octanol–water partition coefficient (Wildman–Crippen LogP) is -0.495. The number of carboxylic acids is 1. The maximum Gasteiger partial charge on any atom is 0.328 e. The van der Waals surface area contributed by atoms with Crippen LogP contribution in [0.2, 0.25) is 0 Å². The van der Waals surface area contributed by atoms with Crippen LogP contribution in [0.15, 0.2) is 12.2 Å². The monoisotopic (exact) mass is 285 g/mol. The number of thioether (sulfide) groups is 1. The maximum absolute atomic E-state index is 11.6. The minimum absolute atomic E-state index is 0.0857. The molecule has 0 aliphatic carbocycles. The summed E-state index contributed by atoms with van der Waals surface area (Å²) in [6.07, 6.45) is 3.54. The molecular weight excluding hydrogens is 270 g/mol. The first kappa shape index (κ1) is 17.0. The summed E-state index contributed by atoms with van der Waals surface area (Å²) in [5, 5.41) is 21.2. The number of aliphatic carboxylic acids is 1. The van der Waals surface area contributed by atoms with E-state index < -0.39 is 17.1 Å². The van der Waals surface area contributed by atoms with E-state index >= 15 is 0 Å². The molecule has 0 aromatic rings. The van der Waals surface area contributed by atoms with Gasteiger partial charge in [-0.1, -0.05) is 0 Å². The topological polar surface area (TPSA) is 119 Å². The number of carbonyl (C=O) groups is 3. The number of amides is 2. The van der Waals surface area contributed by atoms with Crippen molar-refractivity contribution >= 4 is 29.5 Å². The summed E-state index contributed by atoms with van der Waals surface area (Å²) in [6, 6.07) is 1.90. The zero-order valence-corrected chi connectivity index (χ0v) is 11.2. The third kappa shape index (κ3) is 8.68. The molecule has 3 N–H and O–H groups in total. The first-order valence-electron chi connectivity index (χ1n) is 5.37. The molecule has 0 heterocycles. The normalized spacial score (nSPS) is 11.6. The first-order chi connectivity index (χ1) is 9.01. The molecule has 0 aliphatic heterocycles. The summed E-state index contributed by atoms with van der Waals surface area (Å²) in [5.74, 6) is -2.07. The highest BCUT2D eigenvalue weighted by Gasteiger charge is 2.16. The second-order valence-corrected chi connectivity index (χ2v) is 4.38. The number of nitrogens with one attached hydrogen (secondary N) is 2. The van der Waals surface area contributed by atoms with Crippen LogP contribution in [0.4, 0.5) is 0 Å². The summed E-state index contributed by atoms with van der Waals surface area (Å²) in [4.78, 5) is 33.0. The fourth-order valence-electron chi connectivity index (χ4n) is 1.04. The Morgan fingerprint density at radius 3 is 2.58 bits per heavy atom. The van der Waals surface area contributed by atoms with Gasteiger partial charge in [0.2, 0.25) is 11.8 Å². The van der Waals surface area contributed by atoms with E-state index in [1.54, 1.807) is 6.26 Å². The van der Waals surface area contributed by atoms with Gasteiger partial charge in [-0.3, -0.25) is 9.59 Å². The Morgan fingerprint density at radius 2 is 2.05 bits per heavy atom. The Balaban J connectivity index is 4.12. The van der Waals surface area contributed by atoms with Crippen molar-refractivity contribution in [2.45, 2.75) is 11.7 Å². The van der Waals surface area contributed by atoms with Crippen molar-refractivity contribution in [2.24, 2.45) is 0 Å². The van der Waals surface area contributed by atoms with Gasteiger partial charge in [0.15, 0.2) is 0 Å². The SMILES string of the molecule is CSC(CNC(=O)C=CC(=O)O)C(=O)NCCC#N. The Morgan fingerprint density at radius 1 is 1.37 bits per heavy atom. The van der Waals surface area contributed by atoms with E-state index in [1.807, 2.05) is 6.07 Å². The Bertz CT molecular complexity index is 403. The molecule has 1 unspecified atom stereocenters. The number of carboxylic acid groups (broad SMARTS) is 1. The van der Waals surface area contributed by atoms with Crippen molar-refractivity contribution < 1.29 is 19.5 Å². The average molecular weight is 285 g/mol. The smallest absolute Gasteiger partial charge is 0.328 e. The molecule has 0 saturated heterocycles. The Kier molecular flexibility index (Phi) is 8.91. The number of hydrogen-bond acceptors (Lipinski definition) is 5. The fraction of sp³-hybridized carbons (Fsp3) is 0.455. The highest BCUT2D eigenvalue weighted by Crippen LogP contribution is 2.05. The lowest BCUT2D eigenvalue weighted by Gasteiger charge is -2.14. The van der Waals surface area contributed by atoms with Crippen molar-refractivity contribution in [3.8, 4) is 6.07 Å². The minimum atomic E-state index is -1.22. The molecule has 8 heteroatoms. The first-order valence-corrected chi connectivity index (χ1v) is 6.66. The molecule has 0 aliphatic rings. The fourth-order valence-corrected chi connectivity index (χ4v) is 1.59. The van der Waals surface area contributed by atoms with E-state index in [2.05, 4.69) is 10.6 Å². The lowest BCUT2D eigenvalue weighted by Crippen LogP contribution is -2.40. The van der Waals surface area contributed by atoms with E-state index in [4.69, 9.17) is 10.4 Å². The van der Waals surface area contributed by atoms with Gasteiger partial charge in [-0.15, -0.1) is 0 Å². The number of hydrogen-bond donors (Lipinski definition) is 3. The molecule has 7 nitrogen and oxygen atoms in total. The molecule has 0 fully saturated rings. The van der Waals surface area contributed by atoms with Crippen molar-refractivity contribution in [1.82, 2.24) is 10.6 Å². The van der Waals surface area contributed by atoms with Crippen LogP contribution in [0.5, 0.6) is 0 Å². The largest absolute Gasteiger partial charge is 0.478 e. The number of nitrogens with zero attached hydrogens (tertiary/aromatic N) is 1. The molecule has 1 atom stereocenters. The lowest BCUT2D eigenvalue weighted by atomic mass is 10.3. The zero-order chi connectivity index (χ0) is 14.7. The van der Waals surface area contributed by atoms with E-state index in [0.717, 1.165) is 12.2 Å². The van der Waals surface area contributed by atoms with Crippen molar-refractivity contribution in [1.29, 1.82) is 5.26 Å². The van der Waals surface area contributed by atoms with Crippen LogP contribution in [0.25, 0.3) is 0 Å². The molecule has 0 saturated carbocycles. The van der Waals surface area contributed by atoms with Crippen LogP contribution < -0.4 is 10.6 Å². The molecule has 0 rings (SSSR count). The molecule has 0 aromatic heterocycles. The summed E-state index contributed by atoms with van der Waals surface area (Å²) < 4.78 is 0. The predicted molar refractivity (Wildman–Crippen MR) is 70.3 cm³/mol. The quantitative estimate of drug-likeness (QED) is 0.409. The molecule has 2 amide bonds. The molecule has 0 radical (unpaired) electrons. The van der Waals surface area contributed by atoms with Gasteiger partial charge in [0, 0.05) is 25.2 Å². The zero-order valence-electron chi connectivity index (χ0n) is 10.4. The van der Waals surface area contributed by atoms with Crippen LogP contribution in [0.1, 0.15) is 6.42 Å². The van der Waals surface area contributed by atoms with Gasteiger partial charge in [-0.2, -0.15) is 17.0 Å². The Labute approximate surface area is 115 Å². The number of nitriles is 1. The summed E-state index contributed by atoms with van der Waals surface area (Å²) in [7, 11) is 0. The van der Waals surface area contributed by atoms with Crippen LogP contribution in [-0.4, -0.2) is 47.5 Å². The summed E-state index contributed by atoms with van der Waals surface area (Å²) in [6.45, 7) is 0.349. The molecular formula is C11H15N3O4S. The number of carbonyl (C=O) groups excluding carboxylic acids is 2. The van der Waals surface area contributed by atoms with Gasteiger partial charge in [0.1, 0.15) is 5.25 Å². The molecule has 19 heavy (non-hydrogen) atoms. The van der Waals surface area contributed by atoms with Crippen LogP contribution in [-0.2, 0) is 14.4 Å². The van der Waals surface area contributed by atoms with Crippen molar-refractivity contribution in [3.63, 3.8) is 0 Å². The van der Waals surface area contributed by atoms with Gasteiger partial charge in [0.25, 0.3) is 0 Å². The molecule has 0 spiro atoms. The maximum atomic E-state index is 11.6. The third-order valence-corrected chi connectivity index (χ3v) is 2.90. The second kappa shape index (κ2) is 9.96. The summed E-state index contributed by atoms with van der Waals surface area (Å²) >= 11 is 1.25. The van der Waals surface area contributed by atoms with Gasteiger partial charge >= 0.3 is 5.97 Å².